The number of hydrogen-bond acceptors (Lipinski definition) is 3. The molecule has 1 amide bonds. The van der Waals surface area contributed by atoms with Crippen LogP contribution in [0.5, 0.6) is 0 Å². The van der Waals surface area contributed by atoms with Crippen molar-refractivity contribution in [2.75, 3.05) is 12.3 Å². The minimum Gasteiger partial charge on any atom is -0.352 e. The number of nitrogens with one attached hydrogen (secondary N) is 1. The Kier molecular flexibility index (Phi) is 4.79. The van der Waals surface area contributed by atoms with Crippen molar-refractivity contribution in [3.8, 4) is 0 Å². The molecule has 1 aromatic rings. The normalized spacial score (nSPS) is 29.1. The fraction of sp³-hybridized carbons (Fsp3) is 0.478. The number of aliphatic imine (C=N–C) groups is 1. The lowest BCUT2D eigenvalue weighted by atomic mass is 9.74. The Labute approximate surface area is 166 Å². The molecule has 1 aromatic carbocycles. The molecular weight excluding hydrogens is 352 g/mol. The summed E-state index contributed by atoms with van der Waals surface area (Å²) in [4.78, 5) is 17.7. The summed E-state index contributed by atoms with van der Waals surface area (Å²) in [7, 11) is 0. The maximum atomic E-state index is 13.0. The molecule has 3 nitrogen and oxygen atoms in total. The van der Waals surface area contributed by atoms with Crippen LogP contribution in [0, 0.1) is 11.8 Å². The first-order valence-corrected chi connectivity index (χ1v) is 10.8. The SMILES string of the molecule is CC(C)(C)c1ccc(CNC(=O)C2CSC34C=CC=CC3=NCCC24)cc1. The first-order valence-electron chi connectivity index (χ1n) is 9.82. The molecule has 1 N–H and O–H groups in total. The monoisotopic (exact) mass is 380 g/mol. The van der Waals surface area contributed by atoms with Crippen molar-refractivity contribution in [2.24, 2.45) is 16.8 Å². The lowest BCUT2D eigenvalue weighted by Crippen LogP contribution is -2.46. The molecule has 2 heterocycles. The molecule has 4 heteroatoms. The first kappa shape index (κ1) is 18.5. The Hall–Kier alpha value is -1.81. The van der Waals surface area contributed by atoms with Crippen LogP contribution in [0.2, 0.25) is 0 Å². The van der Waals surface area contributed by atoms with E-state index in [9.17, 15) is 4.79 Å². The van der Waals surface area contributed by atoms with Crippen molar-refractivity contribution in [3.63, 3.8) is 0 Å². The fourth-order valence-electron chi connectivity index (χ4n) is 4.36. The maximum absolute atomic E-state index is 13.0. The lowest BCUT2D eigenvalue weighted by Gasteiger charge is -2.38. The van der Waals surface area contributed by atoms with Crippen molar-refractivity contribution in [1.82, 2.24) is 5.32 Å². The number of hydrogen-bond donors (Lipinski definition) is 1. The molecule has 1 saturated heterocycles. The zero-order chi connectivity index (χ0) is 19.1. The molecular formula is C23H28N2OS. The quantitative estimate of drug-likeness (QED) is 0.850. The molecule has 142 valence electrons. The number of thioether (sulfide) groups is 1. The molecule has 2 aliphatic heterocycles. The number of carbonyl (C=O) groups is 1. The standard InChI is InChI=1S/C23H28N2OS/c1-22(2,3)17-9-7-16(8-10-17)14-25-21(26)18-15-27-23-12-5-4-6-20(23)24-13-11-19(18)23/h4-10,12,18-19H,11,13-15H2,1-3H3,(H,25,26). The van der Waals surface area contributed by atoms with Crippen LogP contribution in [-0.4, -0.2) is 28.7 Å². The third kappa shape index (κ3) is 3.40. The van der Waals surface area contributed by atoms with Crippen molar-refractivity contribution < 1.29 is 4.79 Å². The predicted octanol–water partition coefficient (Wildman–Crippen LogP) is 4.29. The van der Waals surface area contributed by atoms with Gasteiger partial charge in [-0.25, -0.2) is 0 Å². The second-order valence-corrected chi connectivity index (χ2v) is 10.1. The highest BCUT2D eigenvalue weighted by Crippen LogP contribution is 2.52. The van der Waals surface area contributed by atoms with E-state index in [2.05, 4.69) is 74.7 Å². The molecule has 3 unspecified atom stereocenters. The minimum absolute atomic E-state index is 0.0606. The van der Waals surface area contributed by atoms with Gasteiger partial charge in [0.1, 0.15) is 0 Å². The number of carbonyl (C=O) groups excluding carboxylic acids is 1. The summed E-state index contributed by atoms with van der Waals surface area (Å²) in [6.45, 7) is 8.08. The van der Waals surface area contributed by atoms with Crippen LogP contribution in [0.3, 0.4) is 0 Å². The van der Waals surface area contributed by atoms with Crippen LogP contribution >= 0.6 is 11.8 Å². The van der Waals surface area contributed by atoms with Gasteiger partial charge >= 0.3 is 0 Å². The zero-order valence-electron chi connectivity index (χ0n) is 16.4. The van der Waals surface area contributed by atoms with E-state index >= 15 is 0 Å². The van der Waals surface area contributed by atoms with E-state index in [-0.39, 0.29) is 22.0 Å². The van der Waals surface area contributed by atoms with Gasteiger partial charge in [0.25, 0.3) is 0 Å². The van der Waals surface area contributed by atoms with Crippen molar-refractivity contribution in [3.05, 3.63) is 59.7 Å². The summed E-state index contributed by atoms with van der Waals surface area (Å²) in [5.41, 5.74) is 3.78. The van der Waals surface area contributed by atoms with Crippen molar-refractivity contribution in [2.45, 2.75) is 43.9 Å². The molecule has 1 spiro atoms. The predicted molar refractivity (Wildman–Crippen MR) is 114 cm³/mol. The Morgan fingerprint density at radius 2 is 2.04 bits per heavy atom. The van der Waals surface area contributed by atoms with Gasteiger partial charge in [0.2, 0.25) is 5.91 Å². The van der Waals surface area contributed by atoms with Gasteiger partial charge < -0.3 is 5.32 Å². The molecule has 0 saturated carbocycles. The van der Waals surface area contributed by atoms with E-state index in [0.29, 0.717) is 12.5 Å². The van der Waals surface area contributed by atoms with Gasteiger partial charge in [-0.2, -0.15) is 0 Å². The number of nitrogens with zero attached hydrogens (tertiary/aromatic N) is 1. The molecule has 0 radical (unpaired) electrons. The van der Waals surface area contributed by atoms with Gasteiger partial charge in [-0.3, -0.25) is 9.79 Å². The molecule has 3 aliphatic rings. The summed E-state index contributed by atoms with van der Waals surface area (Å²) >= 11 is 1.89. The molecule has 3 atom stereocenters. The number of allylic oxidation sites excluding steroid dienone is 3. The van der Waals surface area contributed by atoms with Gasteiger partial charge in [0.05, 0.1) is 16.4 Å². The molecule has 0 bridgehead atoms. The van der Waals surface area contributed by atoms with E-state index in [1.165, 1.54) is 5.56 Å². The first-order chi connectivity index (χ1) is 12.9. The molecule has 1 fully saturated rings. The number of amides is 1. The van der Waals surface area contributed by atoms with E-state index < -0.39 is 0 Å². The molecule has 27 heavy (non-hydrogen) atoms. The molecule has 0 aromatic heterocycles. The summed E-state index contributed by atoms with van der Waals surface area (Å²) in [5.74, 6) is 1.47. The maximum Gasteiger partial charge on any atom is 0.224 e. The Bertz CT molecular complexity index is 816. The summed E-state index contributed by atoms with van der Waals surface area (Å²) in [6, 6.07) is 8.60. The highest BCUT2D eigenvalue weighted by atomic mass is 32.2. The smallest absolute Gasteiger partial charge is 0.224 e. The second kappa shape index (κ2) is 6.97. The summed E-state index contributed by atoms with van der Waals surface area (Å²) < 4.78 is -0.0800. The average Bonchev–Trinajstić information content (AvgIpc) is 3.04. The third-order valence-corrected chi connectivity index (χ3v) is 7.64. The fourth-order valence-corrected chi connectivity index (χ4v) is 6.15. The largest absolute Gasteiger partial charge is 0.352 e. The zero-order valence-corrected chi connectivity index (χ0v) is 17.2. The van der Waals surface area contributed by atoms with Gasteiger partial charge in [-0.05, 0) is 35.0 Å². The van der Waals surface area contributed by atoms with Crippen molar-refractivity contribution >= 4 is 23.4 Å². The van der Waals surface area contributed by atoms with Crippen LogP contribution in [-0.2, 0) is 16.8 Å². The van der Waals surface area contributed by atoms with E-state index in [1.807, 2.05) is 11.8 Å². The van der Waals surface area contributed by atoms with Crippen molar-refractivity contribution in [1.29, 1.82) is 0 Å². The van der Waals surface area contributed by atoms with E-state index in [1.54, 1.807) is 0 Å². The lowest BCUT2D eigenvalue weighted by molar-refractivity contribution is -0.125. The molecule has 4 rings (SSSR count). The molecule has 1 aliphatic carbocycles. The average molecular weight is 381 g/mol. The summed E-state index contributed by atoms with van der Waals surface area (Å²) in [5, 5.41) is 3.19. The van der Waals surface area contributed by atoms with E-state index in [0.717, 1.165) is 30.0 Å². The second-order valence-electron chi connectivity index (χ2n) is 8.76. The highest BCUT2D eigenvalue weighted by molar-refractivity contribution is 8.02. The van der Waals surface area contributed by atoms with Gasteiger partial charge in [-0.1, -0.05) is 63.3 Å². The topological polar surface area (TPSA) is 41.5 Å². The van der Waals surface area contributed by atoms with Crippen LogP contribution in [0.25, 0.3) is 0 Å². The van der Waals surface area contributed by atoms with Gasteiger partial charge in [0.15, 0.2) is 0 Å². The number of rotatable bonds is 3. The summed E-state index contributed by atoms with van der Waals surface area (Å²) in [6.07, 6.45) is 9.55. The van der Waals surface area contributed by atoms with Crippen LogP contribution < -0.4 is 5.32 Å². The van der Waals surface area contributed by atoms with Crippen LogP contribution in [0.1, 0.15) is 38.3 Å². The minimum atomic E-state index is -0.0800. The van der Waals surface area contributed by atoms with Crippen LogP contribution in [0.15, 0.2) is 53.6 Å². The Morgan fingerprint density at radius 3 is 2.78 bits per heavy atom. The highest BCUT2D eigenvalue weighted by Gasteiger charge is 2.53. The Balaban J connectivity index is 1.42. The van der Waals surface area contributed by atoms with Gasteiger partial charge in [0, 0.05) is 18.8 Å². The third-order valence-electron chi connectivity index (χ3n) is 5.99. The van der Waals surface area contributed by atoms with Crippen LogP contribution in [0.4, 0.5) is 0 Å². The van der Waals surface area contributed by atoms with E-state index in [4.69, 9.17) is 4.99 Å². The Morgan fingerprint density at radius 1 is 1.26 bits per heavy atom. The van der Waals surface area contributed by atoms with Gasteiger partial charge in [-0.15, -0.1) is 11.8 Å². The number of benzene rings is 1.